The van der Waals surface area contributed by atoms with Crippen LogP contribution in [-0.4, -0.2) is 20.8 Å². The second-order valence-corrected chi connectivity index (χ2v) is 8.75. The number of fused-ring (bicyclic) bond motifs is 1. The third kappa shape index (κ3) is 3.54. The van der Waals surface area contributed by atoms with Crippen molar-refractivity contribution in [2.45, 2.75) is 33.1 Å². The first-order valence-electron chi connectivity index (χ1n) is 8.17. The van der Waals surface area contributed by atoms with Crippen LogP contribution < -0.4 is 10.6 Å². The molecule has 0 aromatic carbocycles. The van der Waals surface area contributed by atoms with E-state index in [1.165, 1.54) is 9.56 Å². The van der Waals surface area contributed by atoms with Gasteiger partial charge < -0.3 is 5.32 Å². The smallest absolute Gasteiger partial charge is 0.276 e. The number of hydrogen-bond donors (Lipinski definition) is 2. The summed E-state index contributed by atoms with van der Waals surface area (Å²) in [6.45, 7) is 4.04. The molecule has 2 N–H and O–H groups in total. The van der Waals surface area contributed by atoms with Crippen molar-refractivity contribution in [2.75, 3.05) is 5.32 Å². The van der Waals surface area contributed by atoms with E-state index >= 15 is 0 Å². The van der Waals surface area contributed by atoms with Gasteiger partial charge in [0.2, 0.25) is 0 Å². The molecule has 0 bridgehead atoms. The van der Waals surface area contributed by atoms with Crippen LogP contribution in [0.3, 0.4) is 0 Å². The van der Waals surface area contributed by atoms with Crippen molar-refractivity contribution in [1.82, 2.24) is 15.1 Å². The Balaban J connectivity index is 1.77. The van der Waals surface area contributed by atoms with Gasteiger partial charge in [-0.25, -0.2) is 0 Å². The number of nitriles is 1. The van der Waals surface area contributed by atoms with Crippen LogP contribution in [0, 0.1) is 24.2 Å². The molecule has 1 aliphatic rings. The Morgan fingerprint density at radius 1 is 1.54 bits per heavy atom. The molecular weight excluding hydrogens is 434 g/mol. The van der Waals surface area contributed by atoms with Crippen LogP contribution in [0.1, 0.15) is 45.5 Å². The molecule has 0 fully saturated rings. The molecule has 2 aromatic heterocycles. The molecule has 1 amide bonds. The van der Waals surface area contributed by atoms with Crippen molar-refractivity contribution in [3.8, 4) is 6.07 Å². The molecule has 2 heterocycles. The standard InChI is InChI=1S/C17H18BrN5OS2/c1-8-4-5-10-11(7-19)16(26-12(10)6-8)21-17(25)20-15(24)14-13(18)9(2)22-23(14)3/h8H,4-6H2,1-3H3,(H2,20,21,24,25)/t8-/m0/s1. The highest BCUT2D eigenvalue weighted by atomic mass is 79.9. The van der Waals surface area contributed by atoms with Crippen LogP contribution in [0.15, 0.2) is 4.47 Å². The van der Waals surface area contributed by atoms with Gasteiger partial charge in [0, 0.05) is 11.9 Å². The number of hydrogen-bond acceptors (Lipinski definition) is 5. The Labute approximate surface area is 169 Å². The first-order chi connectivity index (χ1) is 12.3. The van der Waals surface area contributed by atoms with Gasteiger partial charge in [-0.1, -0.05) is 6.92 Å². The molecule has 0 unspecified atom stereocenters. The first kappa shape index (κ1) is 19.0. The van der Waals surface area contributed by atoms with Crippen LogP contribution >= 0.6 is 39.5 Å². The lowest BCUT2D eigenvalue weighted by atomic mass is 9.89. The maximum atomic E-state index is 12.5. The number of carbonyl (C=O) groups excluding carboxylic acids is 1. The van der Waals surface area contributed by atoms with Crippen molar-refractivity contribution < 1.29 is 4.79 Å². The van der Waals surface area contributed by atoms with Crippen LogP contribution in [-0.2, 0) is 19.9 Å². The minimum atomic E-state index is -0.356. The van der Waals surface area contributed by atoms with E-state index in [0.717, 1.165) is 30.5 Å². The largest absolute Gasteiger partial charge is 0.323 e. The summed E-state index contributed by atoms with van der Waals surface area (Å²) >= 11 is 10.2. The van der Waals surface area contributed by atoms with E-state index < -0.39 is 0 Å². The molecule has 0 radical (unpaired) electrons. The third-order valence-corrected chi connectivity index (χ3v) is 6.77. The Hall–Kier alpha value is -1.76. The fourth-order valence-electron chi connectivity index (χ4n) is 3.13. The van der Waals surface area contributed by atoms with E-state index in [0.29, 0.717) is 26.6 Å². The van der Waals surface area contributed by atoms with Gasteiger partial charge in [-0.05, 0) is 65.8 Å². The van der Waals surface area contributed by atoms with Crippen molar-refractivity contribution >= 4 is 55.5 Å². The molecular formula is C17H18BrN5OS2. The van der Waals surface area contributed by atoms with Gasteiger partial charge >= 0.3 is 0 Å². The minimum absolute atomic E-state index is 0.170. The maximum Gasteiger partial charge on any atom is 0.276 e. The van der Waals surface area contributed by atoms with Gasteiger partial charge in [-0.3, -0.25) is 14.8 Å². The van der Waals surface area contributed by atoms with Crippen LogP contribution in [0.5, 0.6) is 0 Å². The molecule has 0 spiro atoms. The molecule has 0 saturated carbocycles. The van der Waals surface area contributed by atoms with Gasteiger partial charge in [-0.15, -0.1) is 11.3 Å². The quantitative estimate of drug-likeness (QED) is 0.680. The molecule has 26 heavy (non-hydrogen) atoms. The first-order valence-corrected chi connectivity index (χ1v) is 10.2. The Morgan fingerprint density at radius 3 is 2.88 bits per heavy atom. The van der Waals surface area contributed by atoms with Crippen molar-refractivity contribution in [2.24, 2.45) is 13.0 Å². The topological polar surface area (TPSA) is 82.7 Å². The predicted molar refractivity (Wildman–Crippen MR) is 110 cm³/mol. The van der Waals surface area contributed by atoms with Gasteiger partial charge in [-0.2, -0.15) is 10.4 Å². The van der Waals surface area contributed by atoms with Crippen molar-refractivity contribution in [1.29, 1.82) is 5.26 Å². The molecule has 9 heteroatoms. The highest BCUT2D eigenvalue weighted by molar-refractivity contribution is 9.10. The summed E-state index contributed by atoms with van der Waals surface area (Å²) in [5.41, 5.74) is 2.89. The molecule has 6 nitrogen and oxygen atoms in total. The average molecular weight is 452 g/mol. The number of nitrogens with one attached hydrogen (secondary N) is 2. The summed E-state index contributed by atoms with van der Waals surface area (Å²) in [6, 6.07) is 2.28. The zero-order valence-corrected chi connectivity index (χ0v) is 17.9. The number of thiocarbonyl (C=S) groups is 1. The lowest BCUT2D eigenvalue weighted by molar-refractivity contribution is 0.0968. The van der Waals surface area contributed by atoms with E-state index in [1.54, 1.807) is 18.4 Å². The predicted octanol–water partition coefficient (Wildman–Crippen LogP) is 3.68. The lowest BCUT2D eigenvalue weighted by Gasteiger charge is -2.17. The second-order valence-electron chi connectivity index (χ2n) is 6.45. The number of rotatable bonds is 2. The number of anilines is 1. The van der Waals surface area contributed by atoms with Gasteiger partial charge in [0.25, 0.3) is 5.91 Å². The fraction of sp³-hybridized carbons (Fsp3) is 0.412. The summed E-state index contributed by atoms with van der Waals surface area (Å²) < 4.78 is 2.14. The summed E-state index contributed by atoms with van der Waals surface area (Å²) in [4.78, 5) is 13.7. The van der Waals surface area contributed by atoms with Crippen molar-refractivity contribution in [3.05, 3.63) is 31.9 Å². The highest BCUT2D eigenvalue weighted by Gasteiger charge is 2.25. The number of thiophene rings is 1. The number of aryl methyl sites for hydroxylation is 2. The van der Waals surface area contributed by atoms with Crippen LogP contribution in [0.25, 0.3) is 0 Å². The summed E-state index contributed by atoms with van der Waals surface area (Å²) in [5, 5.41) is 20.3. The molecule has 2 aromatic rings. The molecule has 1 aliphatic carbocycles. The average Bonchev–Trinajstić information content (AvgIpc) is 3.02. The highest BCUT2D eigenvalue weighted by Crippen LogP contribution is 2.39. The van der Waals surface area contributed by atoms with Crippen LogP contribution in [0.2, 0.25) is 0 Å². The number of amides is 1. The molecule has 1 atom stereocenters. The number of aromatic nitrogens is 2. The molecule has 0 saturated heterocycles. The van der Waals surface area contributed by atoms with E-state index in [9.17, 15) is 10.1 Å². The SMILES string of the molecule is Cc1nn(C)c(C(=O)NC(=S)Nc2sc3c(c2C#N)CC[C@H](C)C3)c1Br. The lowest BCUT2D eigenvalue weighted by Crippen LogP contribution is -2.35. The summed E-state index contributed by atoms with van der Waals surface area (Å²) in [5.74, 6) is 0.267. The minimum Gasteiger partial charge on any atom is -0.323 e. The van der Waals surface area contributed by atoms with E-state index in [2.05, 4.69) is 44.7 Å². The van der Waals surface area contributed by atoms with E-state index in [4.69, 9.17) is 12.2 Å². The summed E-state index contributed by atoms with van der Waals surface area (Å²) in [7, 11) is 1.70. The van der Waals surface area contributed by atoms with Crippen LogP contribution in [0.4, 0.5) is 5.00 Å². The third-order valence-electron chi connectivity index (χ3n) is 4.44. The van der Waals surface area contributed by atoms with E-state index in [-0.39, 0.29) is 11.0 Å². The Kier molecular flexibility index (Phi) is 5.46. The number of nitrogens with zero attached hydrogens (tertiary/aromatic N) is 3. The Morgan fingerprint density at radius 2 is 2.27 bits per heavy atom. The molecule has 3 rings (SSSR count). The van der Waals surface area contributed by atoms with Gasteiger partial charge in [0.05, 0.1) is 15.7 Å². The second kappa shape index (κ2) is 7.47. The Bertz CT molecular complexity index is 940. The fourth-order valence-corrected chi connectivity index (χ4v) is 5.27. The van der Waals surface area contributed by atoms with E-state index in [1.807, 2.05) is 6.92 Å². The normalized spacial score (nSPS) is 15.9. The monoisotopic (exact) mass is 451 g/mol. The zero-order chi connectivity index (χ0) is 19.0. The molecule has 136 valence electrons. The van der Waals surface area contributed by atoms with Crippen molar-refractivity contribution in [3.63, 3.8) is 0 Å². The number of carbonyl (C=O) groups is 1. The van der Waals surface area contributed by atoms with Gasteiger partial charge in [0.1, 0.15) is 16.8 Å². The summed E-state index contributed by atoms with van der Waals surface area (Å²) in [6.07, 6.45) is 2.99. The zero-order valence-electron chi connectivity index (χ0n) is 14.6. The molecule has 0 aliphatic heterocycles. The van der Waals surface area contributed by atoms with Gasteiger partial charge in [0.15, 0.2) is 5.11 Å². The number of halogens is 1. The maximum absolute atomic E-state index is 12.5.